The van der Waals surface area contributed by atoms with Crippen LogP contribution in [-0.4, -0.2) is 66.6 Å². The van der Waals surface area contributed by atoms with Crippen LogP contribution in [-0.2, 0) is 24.2 Å². The van der Waals surface area contributed by atoms with Crippen LogP contribution < -0.4 is 4.90 Å². The fraction of sp³-hybridized carbons (Fsp3) is 0.400. The lowest BCUT2D eigenvalue weighted by Crippen LogP contribution is -2.38. The molecule has 140 valence electrons. The standard InChI is InChI=1S/C15H15ClN2O6S2/c16-9-3-1-2-4-10(9)18-11-7-26(22,23)8-12(11)25-15(18)17-13(19)5-24-6-14(20)21/h1-4,11-12H,5-8H2,(H,20,21). The number of aliphatic carboxylic acids is 1. The number of para-hydroxylation sites is 1. The second-order valence-corrected chi connectivity index (χ2v) is 9.56. The van der Waals surface area contributed by atoms with Crippen LogP contribution in [0.5, 0.6) is 0 Å². The van der Waals surface area contributed by atoms with E-state index in [0.717, 1.165) is 0 Å². The Balaban J connectivity index is 1.87. The number of anilines is 1. The first-order chi connectivity index (χ1) is 12.3. The van der Waals surface area contributed by atoms with Gasteiger partial charge < -0.3 is 14.7 Å². The highest BCUT2D eigenvalue weighted by molar-refractivity contribution is 8.16. The number of sulfone groups is 1. The van der Waals surface area contributed by atoms with Gasteiger partial charge in [-0.3, -0.25) is 4.79 Å². The molecule has 26 heavy (non-hydrogen) atoms. The number of carboxylic acid groups (broad SMARTS) is 1. The molecular formula is C15H15ClN2O6S2. The summed E-state index contributed by atoms with van der Waals surface area (Å²) in [6.07, 6.45) is 0. The Labute approximate surface area is 159 Å². The average molecular weight is 419 g/mol. The van der Waals surface area contributed by atoms with Crippen molar-refractivity contribution in [3.63, 3.8) is 0 Å². The number of hydrogen-bond donors (Lipinski definition) is 1. The zero-order chi connectivity index (χ0) is 18.9. The smallest absolute Gasteiger partial charge is 0.329 e. The van der Waals surface area contributed by atoms with E-state index in [1.807, 2.05) is 0 Å². The summed E-state index contributed by atoms with van der Waals surface area (Å²) in [4.78, 5) is 28.1. The number of thioether (sulfide) groups is 1. The minimum absolute atomic E-state index is 0.00596. The van der Waals surface area contributed by atoms with Crippen molar-refractivity contribution < 1.29 is 27.9 Å². The quantitative estimate of drug-likeness (QED) is 0.754. The maximum Gasteiger partial charge on any atom is 0.329 e. The van der Waals surface area contributed by atoms with Gasteiger partial charge in [-0.05, 0) is 12.1 Å². The normalized spacial score (nSPS) is 25.4. The number of aliphatic imine (C=N–C) groups is 1. The number of amidine groups is 1. The van der Waals surface area contributed by atoms with Gasteiger partial charge in [0.15, 0.2) is 15.0 Å². The van der Waals surface area contributed by atoms with Crippen molar-refractivity contribution >= 4 is 55.9 Å². The van der Waals surface area contributed by atoms with Crippen LogP contribution in [0.1, 0.15) is 0 Å². The van der Waals surface area contributed by atoms with Gasteiger partial charge in [0.1, 0.15) is 13.2 Å². The zero-order valence-electron chi connectivity index (χ0n) is 13.4. The maximum absolute atomic E-state index is 12.0. The van der Waals surface area contributed by atoms with Crippen molar-refractivity contribution in [2.45, 2.75) is 11.3 Å². The summed E-state index contributed by atoms with van der Waals surface area (Å²) in [7, 11) is -3.17. The predicted molar refractivity (Wildman–Crippen MR) is 98.6 cm³/mol. The summed E-state index contributed by atoms with van der Waals surface area (Å²) in [5, 5.41) is 9.04. The van der Waals surface area contributed by atoms with E-state index in [9.17, 15) is 18.0 Å². The van der Waals surface area contributed by atoms with Crippen molar-refractivity contribution in [2.24, 2.45) is 4.99 Å². The predicted octanol–water partition coefficient (Wildman–Crippen LogP) is 1.04. The summed E-state index contributed by atoms with van der Waals surface area (Å²) >= 11 is 7.46. The van der Waals surface area contributed by atoms with Crippen molar-refractivity contribution in [3.8, 4) is 0 Å². The van der Waals surface area contributed by atoms with Crippen LogP contribution in [0.15, 0.2) is 29.3 Å². The molecule has 0 aromatic heterocycles. The van der Waals surface area contributed by atoms with Gasteiger partial charge in [-0.15, -0.1) is 0 Å². The molecule has 0 saturated carbocycles. The number of hydrogen-bond acceptors (Lipinski definition) is 6. The number of benzene rings is 1. The number of rotatable bonds is 5. The summed E-state index contributed by atoms with van der Waals surface area (Å²) in [6, 6.07) is 6.55. The molecule has 0 aliphatic carbocycles. The molecule has 3 rings (SSSR count). The fourth-order valence-corrected chi connectivity index (χ4v) is 7.01. The molecule has 2 saturated heterocycles. The van der Waals surface area contributed by atoms with Crippen LogP contribution >= 0.6 is 23.4 Å². The molecule has 2 atom stereocenters. The molecule has 2 unspecified atom stereocenters. The SMILES string of the molecule is O=C(O)COCC(=O)N=C1SC2CS(=O)(=O)CC2N1c1ccccc1Cl. The van der Waals surface area contributed by atoms with E-state index in [-0.39, 0.29) is 22.8 Å². The molecule has 0 bridgehead atoms. The summed E-state index contributed by atoms with van der Waals surface area (Å²) in [5.41, 5.74) is 0.573. The number of carbonyl (C=O) groups excluding carboxylic acids is 1. The summed E-state index contributed by atoms with van der Waals surface area (Å²) in [5.74, 6) is -1.86. The lowest BCUT2D eigenvalue weighted by molar-refractivity contribution is -0.143. The van der Waals surface area contributed by atoms with Crippen molar-refractivity contribution in [1.82, 2.24) is 0 Å². The number of amides is 1. The number of halogens is 1. The molecule has 0 spiro atoms. The second kappa shape index (κ2) is 7.55. The minimum atomic E-state index is -3.17. The monoisotopic (exact) mass is 418 g/mol. The van der Waals surface area contributed by atoms with Crippen LogP contribution in [0, 0.1) is 0 Å². The molecule has 0 radical (unpaired) electrons. The Morgan fingerprint density at radius 1 is 1.31 bits per heavy atom. The highest BCUT2D eigenvalue weighted by Crippen LogP contribution is 2.42. The number of carbonyl (C=O) groups is 2. The first-order valence-corrected chi connectivity index (χ1v) is 10.7. The topological polar surface area (TPSA) is 113 Å². The van der Waals surface area contributed by atoms with E-state index in [1.165, 1.54) is 11.8 Å². The van der Waals surface area contributed by atoms with Gasteiger partial charge in [-0.25, -0.2) is 13.2 Å². The number of nitrogens with zero attached hydrogens (tertiary/aromatic N) is 2. The van der Waals surface area contributed by atoms with Gasteiger partial charge in [0.2, 0.25) is 0 Å². The van der Waals surface area contributed by atoms with Crippen molar-refractivity contribution in [1.29, 1.82) is 0 Å². The van der Waals surface area contributed by atoms with E-state index in [0.29, 0.717) is 15.9 Å². The third-order valence-corrected chi connectivity index (χ3v) is 7.38. The van der Waals surface area contributed by atoms with Gasteiger partial charge in [-0.2, -0.15) is 4.99 Å². The van der Waals surface area contributed by atoms with Crippen LogP contribution in [0.25, 0.3) is 0 Å². The third kappa shape index (κ3) is 4.20. The van der Waals surface area contributed by atoms with E-state index >= 15 is 0 Å². The Bertz CT molecular complexity index is 873. The molecule has 1 N–H and O–H groups in total. The van der Waals surface area contributed by atoms with Crippen molar-refractivity contribution in [2.75, 3.05) is 29.6 Å². The van der Waals surface area contributed by atoms with Gasteiger partial charge in [0, 0.05) is 5.25 Å². The van der Waals surface area contributed by atoms with Gasteiger partial charge in [0.25, 0.3) is 5.91 Å². The molecule has 1 amide bonds. The maximum atomic E-state index is 12.0. The largest absolute Gasteiger partial charge is 0.480 e. The van der Waals surface area contributed by atoms with Gasteiger partial charge in [-0.1, -0.05) is 35.5 Å². The first-order valence-electron chi connectivity index (χ1n) is 7.59. The lowest BCUT2D eigenvalue weighted by Gasteiger charge is -2.25. The summed E-state index contributed by atoms with van der Waals surface area (Å²) in [6.45, 7) is -1.07. The number of carboxylic acids is 1. The van der Waals surface area contributed by atoms with Gasteiger partial charge >= 0.3 is 5.97 Å². The third-order valence-electron chi connectivity index (χ3n) is 3.85. The molecule has 11 heteroatoms. The molecule has 1 aromatic carbocycles. The number of ether oxygens (including phenoxy) is 1. The van der Waals surface area contributed by atoms with Gasteiger partial charge in [0.05, 0.1) is 28.3 Å². The summed E-state index contributed by atoms with van der Waals surface area (Å²) < 4.78 is 28.7. The fourth-order valence-electron chi connectivity index (χ4n) is 2.86. The van der Waals surface area contributed by atoms with Crippen LogP contribution in [0.2, 0.25) is 5.02 Å². The number of fused-ring (bicyclic) bond motifs is 1. The highest BCUT2D eigenvalue weighted by Gasteiger charge is 2.49. The van der Waals surface area contributed by atoms with E-state index < -0.39 is 34.9 Å². The lowest BCUT2D eigenvalue weighted by atomic mass is 10.2. The average Bonchev–Trinajstić information content (AvgIpc) is 2.98. The van der Waals surface area contributed by atoms with E-state index in [2.05, 4.69) is 4.99 Å². The van der Waals surface area contributed by atoms with E-state index in [4.69, 9.17) is 21.4 Å². The second-order valence-electron chi connectivity index (χ2n) is 5.80. The molecule has 2 fully saturated rings. The van der Waals surface area contributed by atoms with Crippen molar-refractivity contribution in [3.05, 3.63) is 29.3 Å². The Hall–Kier alpha value is -1.62. The Morgan fingerprint density at radius 2 is 2.04 bits per heavy atom. The molecule has 1 aromatic rings. The Kier molecular flexibility index (Phi) is 5.56. The minimum Gasteiger partial charge on any atom is -0.480 e. The van der Waals surface area contributed by atoms with Crippen LogP contribution in [0.4, 0.5) is 5.69 Å². The van der Waals surface area contributed by atoms with E-state index in [1.54, 1.807) is 29.2 Å². The molecule has 2 heterocycles. The molecule has 8 nitrogen and oxygen atoms in total. The molecular weight excluding hydrogens is 404 g/mol. The molecule has 2 aliphatic rings. The van der Waals surface area contributed by atoms with Crippen LogP contribution in [0.3, 0.4) is 0 Å². The highest BCUT2D eigenvalue weighted by atomic mass is 35.5. The molecule has 2 aliphatic heterocycles. The Morgan fingerprint density at radius 3 is 2.73 bits per heavy atom. The first kappa shape index (κ1) is 19.2. The zero-order valence-corrected chi connectivity index (χ0v) is 15.8.